The van der Waals surface area contributed by atoms with Crippen molar-refractivity contribution < 1.29 is 14.6 Å². The summed E-state index contributed by atoms with van der Waals surface area (Å²) in [5, 5.41) is 9.95. The van der Waals surface area contributed by atoms with Gasteiger partial charge in [-0.25, -0.2) is 4.79 Å². The van der Waals surface area contributed by atoms with Crippen LogP contribution in [-0.4, -0.2) is 16.8 Å². The summed E-state index contributed by atoms with van der Waals surface area (Å²) in [4.78, 5) is 10.7. The molecule has 3 N–H and O–H groups in total. The standard InChI is InChI=1S/C13H19NO3/c1-13(2,17-12(14)16)9-8-11(15)10-6-4-3-5-7-10/h3-7,11,15H,8-9H2,1-2H3,(H2,14,16). The molecule has 1 aromatic carbocycles. The van der Waals surface area contributed by atoms with Crippen molar-refractivity contribution >= 4 is 6.09 Å². The summed E-state index contributed by atoms with van der Waals surface area (Å²) in [5.41, 5.74) is 5.18. The fourth-order valence-electron chi connectivity index (χ4n) is 1.65. The number of hydrogen-bond acceptors (Lipinski definition) is 3. The monoisotopic (exact) mass is 237 g/mol. The molecule has 0 aromatic heterocycles. The summed E-state index contributed by atoms with van der Waals surface area (Å²) in [6.45, 7) is 3.55. The van der Waals surface area contributed by atoms with Crippen LogP contribution in [0.1, 0.15) is 38.4 Å². The molecule has 1 unspecified atom stereocenters. The number of primary amides is 1. The maximum Gasteiger partial charge on any atom is 0.405 e. The van der Waals surface area contributed by atoms with Crippen LogP contribution in [-0.2, 0) is 4.74 Å². The maximum atomic E-state index is 10.7. The van der Waals surface area contributed by atoms with E-state index in [0.717, 1.165) is 5.56 Å². The Bertz CT molecular complexity index is 362. The highest BCUT2D eigenvalue weighted by molar-refractivity contribution is 5.65. The fourth-order valence-corrected chi connectivity index (χ4v) is 1.65. The third kappa shape index (κ3) is 4.87. The molecule has 17 heavy (non-hydrogen) atoms. The average molecular weight is 237 g/mol. The Balaban J connectivity index is 2.48. The van der Waals surface area contributed by atoms with Crippen LogP contribution in [0.3, 0.4) is 0 Å². The summed E-state index contributed by atoms with van der Waals surface area (Å²) in [5.74, 6) is 0. The van der Waals surface area contributed by atoms with Crippen molar-refractivity contribution in [2.24, 2.45) is 5.73 Å². The number of nitrogens with two attached hydrogens (primary N) is 1. The second-order valence-electron chi connectivity index (χ2n) is 4.65. The molecule has 4 nitrogen and oxygen atoms in total. The van der Waals surface area contributed by atoms with Crippen LogP contribution < -0.4 is 5.73 Å². The first-order valence-electron chi connectivity index (χ1n) is 5.62. The smallest absolute Gasteiger partial charge is 0.405 e. The maximum absolute atomic E-state index is 10.7. The normalized spacial score (nSPS) is 13.1. The Morgan fingerprint density at radius 1 is 1.41 bits per heavy atom. The summed E-state index contributed by atoms with van der Waals surface area (Å²) in [6, 6.07) is 9.39. The van der Waals surface area contributed by atoms with Crippen molar-refractivity contribution in [2.75, 3.05) is 0 Å². The van der Waals surface area contributed by atoms with Crippen LogP contribution in [0.15, 0.2) is 30.3 Å². The number of carbonyl (C=O) groups is 1. The number of rotatable bonds is 5. The van der Waals surface area contributed by atoms with Crippen molar-refractivity contribution in [3.8, 4) is 0 Å². The van der Waals surface area contributed by atoms with Crippen LogP contribution in [0.4, 0.5) is 4.79 Å². The van der Waals surface area contributed by atoms with E-state index < -0.39 is 17.8 Å². The van der Waals surface area contributed by atoms with Crippen molar-refractivity contribution in [3.63, 3.8) is 0 Å². The first-order chi connectivity index (χ1) is 7.91. The second-order valence-corrected chi connectivity index (χ2v) is 4.65. The highest BCUT2D eigenvalue weighted by Gasteiger charge is 2.23. The Morgan fingerprint density at radius 3 is 2.53 bits per heavy atom. The topological polar surface area (TPSA) is 72.6 Å². The molecule has 0 saturated heterocycles. The molecule has 1 atom stereocenters. The predicted molar refractivity (Wildman–Crippen MR) is 65.4 cm³/mol. The van der Waals surface area contributed by atoms with E-state index in [4.69, 9.17) is 10.5 Å². The number of aliphatic hydroxyl groups excluding tert-OH is 1. The summed E-state index contributed by atoms with van der Waals surface area (Å²) >= 11 is 0. The van der Waals surface area contributed by atoms with Crippen LogP contribution in [0.2, 0.25) is 0 Å². The lowest BCUT2D eigenvalue weighted by molar-refractivity contribution is 0.0255. The first-order valence-corrected chi connectivity index (χ1v) is 5.62. The minimum Gasteiger partial charge on any atom is -0.444 e. The number of ether oxygens (including phenoxy) is 1. The van der Waals surface area contributed by atoms with E-state index in [2.05, 4.69) is 0 Å². The molecule has 1 rings (SSSR count). The first kappa shape index (κ1) is 13.5. The molecule has 0 aliphatic rings. The molecule has 0 aliphatic carbocycles. The van der Waals surface area contributed by atoms with Gasteiger partial charge in [-0.2, -0.15) is 0 Å². The zero-order valence-corrected chi connectivity index (χ0v) is 10.2. The van der Waals surface area contributed by atoms with Gasteiger partial charge in [0.05, 0.1) is 6.10 Å². The second kappa shape index (κ2) is 5.68. The average Bonchev–Trinajstić information content (AvgIpc) is 2.25. The summed E-state index contributed by atoms with van der Waals surface area (Å²) in [6.07, 6.45) is -0.271. The highest BCUT2D eigenvalue weighted by Crippen LogP contribution is 2.24. The molecule has 0 aliphatic heterocycles. The number of aliphatic hydroxyl groups is 1. The molecule has 0 heterocycles. The molecule has 1 aromatic rings. The lowest BCUT2D eigenvalue weighted by Crippen LogP contribution is -2.31. The Labute approximate surface area is 101 Å². The zero-order chi connectivity index (χ0) is 12.9. The Morgan fingerprint density at radius 2 is 2.00 bits per heavy atom. The van der Waals surface area contributed by atoms with Crippen LogP contribution >= 0.6 is 0 Å². The van der Waals surface area contributed by atoms with Gasteiger partial charge in [0.1, 0.15) is 5.60 Å². The van der Waals surface area contributed by atoms with E-state index in [0.29, 0.717) is 12.8 Å². The van der Waals surface area contributed by atoms with Gasteiger partial charge in [0.2, 0.25) is 0 Å². The van der Waals surface area contributed by atoms with Crippen LogP contribution in [0, 0.1) is 0 Å². The lowest BCUT2D eigenvalue weighted by atomic mass is 9.97. The van der Waals surface area contributed by atoms with Crippen LogP contribution in [0.5, 0.6) is 0 Å². The third-order valence-electron chi connectivity index (χ3n) is 2.58. The van der Waals surface area contributed by atoms with Crippen LogP contribution in [0.25, 0.3) is 0 Å². The molecule has 94 valence electrons. The zero-order valence-electron chi connectivity index (χ0n) is 10.2. The molecular formula is C13H19NO3. The number of benzene rings is 1. The highest BCUT2D eigenvalue weighted by atomic mass is 16.6. The van der Waals surface area contributed by atoms with Crippen molar-refractivity contribution in [1.82, 2.24) is 0 Å². The number of carbonyl (C=O) groups excluding carboxylic acids is 1. The van der Waals surface area contributed by atoms with E-state index in [9.17, 15) is 9.90 Å². The summed E-state index contributed by atoms with van der Waals surface area (Å²) in [7, 11) is 0. The Hall–Kier alpha value is -1.55. The van der Waals surface area contributed by atoms with Gasteiger partial charge in [0.15, 0.2) is 0 Å². The van der Waals surface area contributed by atoms with Crippen molar-refractivity contribution in [3.05, 3.63) is 35.9 Å². The van der Waals surface area contributed by atoms with Crippen molar-refractivity contribution in [2.45, 2.75) is 38.4 Å². The van der Waals surface area contributed by atoms with E-state index in [-0.39, 0.29) is 0 Å². The Kier molecular flexibility index (Phi) is 4.52. The molecule has 0 radical (unpaired) electrons. The molecule has 0 saturated carbocycles. The van der Waals surface area contributed by atoms with E-state index >= 15 is 0 Å². The quantitative estimate of drug-likeness (QED) is 0.825. The lowest BCUT2D eigenvalue weighted by Gasteiger charge is -2.25. The number of hydrogen-bond donors (Lipinski definition) is 2. The molecule has 0 spiro atoms. The summed E-state index contributed by atoms with van der Waals surface area (Å²) < 4.78 is 4.95. The SMILES string of the molecule is CC(C)(CCC(O)c1ccccc1)OC(N)=O. The van der Waals surface area contributed by atoms with Gasteiger partial charge in [-0.3, -0.25) is 0 Å². The predicted octanol–water partition coefficient (Wildman–Crippen LogP) is 2.37. The largest absolute Gasteiger partial charge is 0.444 e. The fraction of sp³-hybridized carbons (Fsp3) is 0.462. The minimum absolute atomic E-state index is 0.518. The third-order valence-corrected chi connectivity index (χ3v) is 2.58. The molecule has 0 bridgehead atoms. The number of amides is 1. The van der Waals surface area contributed by atoms with E-state index in [1.165, 1.54) is 0 Å². The van der Waals surface area contributed by atoms with Gasteiger partial charge < -0.3 is 15.6 Å². The van der Waals surface area contributed by atoms with Crippen molar-refractivity contribution in [1.29, 1.82) is 0 Å². The van der Waals surface area contributed by atoms with Gasteiger partial charge in [-0.05, 0) is 32.3 Å². The van der Waals surface area contributed by atoms with Gasteiger partial charge >= 0.3 is 6.09 Å². The molecular weight excluding hydrogens is 218 g/mol. The molecule has 0 fully saturated rings. The van der Waals surface area contributed by atoms with Gasteiger partial charge in [-0.1, -0.05) is 30.3 Å². The van der Waals surface area contributed by atoms with Gasteiger partial charge in [-0.15, -0.1) is 0 Å². The molecule has 4 heteroatoms. The van der Waals surface area contributed by atoms with E-state index in [1.54, 1.807) is 13.8 Å². The van der Waals surface area contributed by atoms with Gasteiger partial charge in [0.25, 0.3) is 0 Å². The van der Waals surface area contributed by atoms with Gasteiger partial charge in [0, 0.05) is 0 Å². The van der Waals surface area contributed by atoms with E-state index in [1.807, 2.05) is 30.3 Å². The molecule has 1 amide bonds. The minimum atomic E-state index is -0.788.